The molecule has 1 N–H and O–H groups in total. The number of carbonyl (C=O) groups is 2. The highest BCUT2D eigenvalue weighted by atomic mass is 16.6. The number of hydrogen-bond donors (Lipinski definition) is 1. The molecule has 108 valence electrons. The summed E-state index contributed by atoms with van der Waals surface area (Å²) >= 11 is 0. The van der Waals surface area contributed by atoms with Crippen LogP contribution in [-0.2, 0) is 9.53 Å². The molecule has 0 spiro atoms. The van der Waals surface area contributed by atoms with Crippen LogP contribution in [0.4, 0.5) is 4.79 Å². The van der Waals surface area contributed by atoms with Crippen LogP contribution in [-0.4, -0.2) is 40.3 Å². The van der Waals surface area contributed by atoms with Gasteiger partial charge in [0.15, 0.2) is 0 Å². The second kappa shape index (κ2) is 6.46. The number of carboxylic acid groups (broad SMARTS) is 1. The van der Waals surface area contributed by atoms with Crippen molar-refractivity contribution in [3.63, 3.8) is 0 Å². The third-order valence-electron chi connectivity index (χ3n) is 3.06. The van der Waals surface area contributed by atoms with Crippen molar-refractivity contribution in [3.05, 3.63) is 0 Å². The Balaban J connectivity index is 0.00000154. The zero-order valence-corrected chi connectivity index (χ0v) is 12.2. The quantitative estimate of drug-likeness (QED) is 0.798. The van der Waals surface area contributed by atoms with Crippen molar-refractivity contribution in [1.82, 2.24) is 4.90 Å². The molecule has 1 saturated carbocycles. The molecule has 0 aromatic heterocycles. The largest absolute Gasteiger partial charge is 0.480 e. The Bertz CT molecular complexity index is 348. The smallest absolute Gasteiger partial charge is 0.411 e. The van der Waals surface area contributed by atoms with Crippen molar-refractivity contribution in [2.45, 2.75) is 46.3 Å². The molecule has 1 aliphatic rings. The van der Waals surface area contributed by atoms with Gasteiger partial charge in [0.1, 0.15) is 12.1 Å². The highest BCUT2D eigenvalue weighted by Crippen LogP contribution is 2.42. The van der Waals surface area contributed by atoms with Crippen LogP contribution in [0.25, 0.3) is 0 Å². The molecule has 0 heterocycles. The van der Waals surface area contributed by atoms with Gasteiger partial charge in [-0.1, -0.05) is 13.8 Å². The number of carboxylic acids is 1. The Labute approximate surface area is 114 Å². The summed E-state index contributed by atoms with van der Waals surface area (Å²) in [5.74, 6) is -0.342. The average Bonchev–Trinajstić information content (AvgIpc) is 2.83. The first-order chi connectivity index (χ1) is 8.63. The van der Waals surface area contributed by atoms with Gasteiger partial charge in [-0.05, 0) is 32.6 Å². The summed E-state index contributed by atoms with van der Waals surface area (Å²) in [5, 5.41) is 8.83. The minimum absolute atomic E-state index is 0.0130. The van der Waals surface area contributed by atoms with Crippen LogP contribution >= 0.6 is 0 Å². The van der Waals surface area contributed by atoms with E-state index in [1.54, 1.807) is 20.8 Å². The van der Waals surface area contributed by atoms with Gasteiger partial charge in [-0.3, -0.25) is 9.69 Å². The first-order valence-corrected chi connectivity index (χ1v) is 6.18. The third-order valence-corrected chi connectivity index (χ3v) is 3.06. The molecule has 5 nitrogen and oxygen atoms in total. The van der Waals surface area contributed by atoms with E-state index in [0.29, 0.717) is 11.8 Å². The van der Waals surface area contributed by atoms with E-state index in [9.17, 15) is 9.59 Å². The first-order valence-electron chi connectivity index (χ1n) is 6.18. The van der Waals surface area contributed by atoms with Crippen molar-refractivity contribution in [3.8, 4) is 12.8 Å². The van der Waals surface area contributed by atoms with E-state index in [-0.39, 0.29) is 12.6 Å². The maximum Gasteiger partial charge on any atom is 0.411 e. The van der Waals surface area contributed by atoms with E-state index in [2.05, 4.69) is 12.8 Å². The van der Waals surface area contributed by atoms with E-state index >= 15 is 0 Å². The number of ether oxygens (including phenoxy) is 1. The topological polar surface area (TPSA) is 66.8 Å². The molecule has 2 unspecified atom stereocenters. The lowest BCUT2D eigenvalue weighted by Gasteiger charge is -2.26. The second-order valence-corrected chi connectivity index (χ2v) is 5.71. The molecule has 5 heteroatoms. The summed E-state index contributed by atoms with van der Waals surface area (Å²) in [7, 11) is 0. The number of rotatable bonds is 3. The maximum absolute atomic E-state index is 11.9. The van der Waals surface area contributed by atoms with Gasteiger partial charge in [-0.25, -0.2) is 4.79 Å². The Morgan fingerprint density at radius 1 is 1.21 bits per heavy atom. The van der Waals surface area contributed by atoms with E-state index in [4.69, 9.17) is 9.84 Å². The number of amides is 1. The van der Waals surface area contributed by atoms with Crippen molar-refractivity contribution in [2.24, 2.45) is 11.8 Å². The fourth-order valence-corrected chi connectivity index (χ4v) is 1.96. The summed E-state index contributed by atoms with van der Waals surface area (Å²) in [6.45, 7) is 9.02. The number of aliphatic carboxylic acids is 1. The van der Waals surface area contributed by atoms with Crippen molar-refractivity contribution in [2.75, 3.05) is 6.54 Å². The van der Waals surface area contributed by atoms with Crippen LogP contribution in [0.2, 0.25) is 0 Å². The number of nitrogens with zero attached hydrogens (tertiary/aromatic N) is 1. The molecule has 19 heavy (non-hydrogen) atoms. The highest BCUT2D eigenvalue weighted by molar-refractivity contribution is 5.77. The molecular weight excluding hydrogens is 246 g/mol. The molecule has 1 aliphatic carbocycles. The van der Waals surface area contributed by atoms with Gasteiger partial charge in [0.05, 0.1) is 0 Å². The van der Waals surface area contributed by atoms with Crippen LogP contribution in [0.1, 0.15) is 34.6 Å². The Kier molecular flexibility index (Phi) is 5.88. The van der Waals surface area contributed by atoms with Crippen LogP contribution in [0.5, 0.6) is 0 Å². The van der Waals surface area contributed by atoms with Gasteiger partial charge in [0, 0.05) is 6.04 Å². The predicted molar refractivity (Wildman–Crippen MR) is 72.6 cm³/mol. The molecular formula is C14H23NO4. The monoisotopic (exact) mass is 269 g/mol. The Hall–Kier alpha value is -1.70. The standard InChI is InChI=1S/C12H21NO4.C2H2/c1-7-8(2)10(7)13(6-9(14)15)11(16)17-12(3,4)5;1-2/h7-8,10H,6H2,1-5H3,(H,14,15);1-2H/t7-,8?,10?;/m1./s1. The fourth-order valence-electron chi connectivity index (χ4n) is 1.96. The van der Waals surface area contributed by atoms with Crippen LogP contribution < -0.4 is 0 Å². The SMILES string of the molecule is C#C.CC1C(N(CC(=O)O)C(=O)OC(C)(C)C)[C@@H]1C. The molecule has 0 aromatic rings. The third kappa shape index (κ3) is 5.21. The van der Waals surface area contributed by atoms with E-state index in [1.807, 2.05) is 13.8 Å². The van der Waals surface area contributed by atoms with Crippen molar-refractivity contribution >= 4 is 12.1 Å². The summed E-state index contributed by atoms with van der Waals surface area (Å²) in [6, 6.07) is -0.0130. The average molecular weight is 269 g/mol. The van der Waals surface area contributed by atoms with Crippen molar-refractivity contribution < 1.29 is 19.4 Å². The summed E-state index contributed by atoms with van der Waals surface area (Å²) in [6.07, 6.45) is 7.46. The lowest BCUT2D eigenvalue weighted by Crippen LogP contribution is -2.42. The summed E-state index contributed by atoms with van der Waals surface area (Å²) < 4.78 is 5.22. The summed E-state index contributed by atoms with van der Waals surface area (Å²) in [5.41, 5.74) is -0.602. The first kappa shape index (κ1) is 17.3. The molecule has 1 amide bonds. The normalized spacial score (nSPS) is 24.7. The highest BCUT2D eigenvalue weighted by Gasteiger charge is 2.50. The Morgan fingerprint density at radius 2 is 1.63 bits per heavy atom. The molecule has 0 aliphatic heterocycles. The molecule has 1 rings (SSSR count). The molecule has 0 bridgehead atoms. The second-order valence-electron chi connectivity index (χ2n) is 5.71. The van der Waals surface area contributed by atoms with E-state index in [0.717, 1.165) is 0 Å². The van der Waals surface area contributed by atoms with Gasteiger partial charge < -0.3 is 9.84 Å². The van der Waals surface area contributed by atoms with Crippen LogP contribution in [0.3, 0.4) is 0 Å². The minimum atomic E-state index is -1.01. The van der Waals surface area contributed by atoms with Gasteiger partial charge in [0.2, 0.25) is 0 Å². The fraction of sp³-hybridized carbons (Fsp3) is 0.714. The molecule has 0 aromatic carbocycles. The van der Waals surface area contributed by atoms with E-state index < -0.39 is 17.7 Å². The molecule has 1 fully saturated rings. The van der Waals surface area contributed by atoms with Gasteiger partial charge in [-0.2, -0.15) is 0 Å². The minimum Gasteiger partial charge on any atom is -0.480 e. The number of carbonyl (C=O) groups excluding carboxylic acids is 1. The zero-order valence-electron chi connectivity index (χ0n) is 12.2. The maximum atomic E-state index is 11.9. The van der Waals surface area contributed by atoms with Crippen molar-refractivity contribution in [1.29, 1.82) is 0 Å². The lowest BCUT2D eigenvalue weighted by molar-refractivity contribution is -0.138. The molecule has 3 atom stereocenters. The lowest BCUT2D eigenvalue weighted by atomic mass is 10.2. The van der Waals surface area contributed by atoms with Crippen LogP contribution in [0, 0.1) is 24.7 Å². The van der Waals surface area contributed by atoms with E-state index in [1.165, 1.54) is 4.90 Å². The molecule has 0 radical (unpaired) electrons. The van der Waals surface area contributed by atoms with Gasteiger partial charge in [-0.15, -0.1) is 12.8 Å². The zero-order chi connectivity index (χ0) is 15.4. The predicted octanol–water partition coefficient (Wildman–Crippen LogP) is 2.21. The number of hydrogen-bond acceptors (Lipinski definition) is 3. The molecule has 0 saturated heterocycles. The van der Waals surface area contributed by atoms with Gasteiger partial charge >= 0.3 is 12.1 Å². The number of terminal acetylenes is 1. The Morgan fingerprint density at radius 3 is 1.89 bits per heavy atom. The van der Waals surface area contributed by atoms with Crippen LogP contribution in [0.15, 0.2) is 0 Å². The van der Waals surface area contributed by atoms with Gasteiger partial charge in [0.25, 0.3) is 0 Å². The summed E-state index contributed by atoms with van der Waals surface area (Å²) in [4.78, 5) is 24.0.